The average molecular weight is 286 g/mol. The van der Waals surface area contributed by atoms with Crippen LogP contribution in [0.1, 0.15) is 40.0 Å². The summed E-state index contributed by atoms with van der Waals surface area (Å²) < 4.78 is 10.8. The fraction of sp³-hybridized carbons (Fsp3) is 0.933. The molecule has 118 valence electrons. The topological polar surface area (TPSA) is 50.8 Å². The molecule has 5 heteroatoms. The standard InChI is InChI=1S/C15H30N2O3/c1-5-19-13-7-10-17(11-8-13)12-9-15(3,16-4)14(18)20-6-2/h13,16H,5-12H2,1-4H3. The zero-order chi connectivity index (χ0) is 15.0. The second-order valence-electron chi connectivity index (χ2n) is 5.55. The first-order chi connectivity index (χ1) is 9.55. The average Bonchev–Trinajstić information content (AvgIpc) is 2.47. The molecule has 1 heterocycles. The SMILES string of the molecule is CCOC(=O)C(C)(CCN1CCC(OCC)CC1)NC. The zero-order valence-electron chi connectivity index (χ0n) is 13.4. The molecule has 0 aromatic carbocycles. The lowest BCUT2D eigenvalue weighted by atomic mass is 9.97. The summed E-state index contributed by atoms with van der Waals surface area (Å²) in [5.74, 6) is -0.160. The molecule has 0 amide bonds. The lowest BCUT2D eigenvalue weighted by molar-refractivity contribution is -0.150. The molecular formula is C15H30N2O3. The first-order valence-electron chi connectivity index (χ1n) is 7.75. The Balaban J connectivity index is 2.36. The second-order valence-corrected chi connectivity index (χ2v) is 5.55. The monoisotopic (exact) mass is 286 g/mol. The van der Waals surface area contributed by atoms with E-state index in [1.165, 1.54) is 0 Å². The van der Waals surface area contributed by atoms with Gasteiger partial charge in [0.15, 0.2) is 0 Å². The van der Waals surface area contributed by atoms with Crippen LogP contribution in [0, 0.1) is 0 Å². The van der Waals surface area contributed by atoms with Crippen molar-refractivity contribution >= 4 is 5.97 Å². The third kappa shape index (κ3) is 5.04. The summed E-state index contributed by atoms with van der Waals surface area (Å²) in [7, 11) is 1.82. The van der Waals surface area contributed by atoms with Gasteiger partial charge < -0.3 is 19.7 Å². The highest BCUT2D eigenvalue weighted by Crippen LogP contribution is 2.17. The Labute approximate surface area is 123 Å². The number of nitrogens with one attached hydrogen (secondary N) is 1. The molecule has 1 rings (SSSR count). The minimum atomic E-state index is -0.590. The highest BCUT2D eigenvalue weighted by atomic mass is 16.5. The van der Waals surface area contributed by atoms with Crippen LogP contribution in [0.5, 0.6) is 0 Å². The van der Waals surface area contributed by atoms with E-state index in [2.05, 4.69) is 10.2 Å². The maximum atomic E-state index is 12.0. The van der Waals surface area contributed by atoms with Gasteiger partial charge in [0.25, 0.3) is 0 Å². The van der Waals surface area contributed by atoms with Crippen LogP contribution < -0.4 is 5.32 Å². The quantitative estimate of drug-likeness (QED) is 0.684. The predicted octanol–water partition coefficient (Wildman–Crippen LogP) is 1.42. The first-order valence-corrected chi connectivity index (χ1v) is 7.75. The Morgan fingerprint density at radius 1 is 1.30 bits per heavy atom. The number of nitrogens with zero attached hydrogens (tertiary/aromatic N) is 1. The molecule has 0 aromatic heterocycles. The summed E-state index contributed by atoms with van der Waals surface area (Å²) >= 11 is 0. The summed E-state index contributed by atoms with van der Waals surface area (Å²) in [6.45, 7) is 10.0. The van der Waals surface area contributed by atoms with Gasteiger partial charge in [-0.15, -0.1) is 0 Å². The highest BCUT2D eigenvalue weighted by Gasteiger charge is 2.33. The number of carbonyl (C=O) groups excluding carboxylic acids is 1. The van der Waals surface area contributed by atoms with Gasteiger partial charge in [-0.25, -0.2) is 0 Å². The zero-order valence-corrected chi connectivity index (χ0v) is 13.4. The van der Waals surface area contributed by atoms with E-state index in [4.69, 9.17) is 9.47 Å². The Bertz CT molecular complexity index is 291. The van der Waals surface area contributed by atoms with E-state index in [1.54, 1.807) is 0 Å². The van der Waals surface area contributed by atoms with E-state index < -0.39 is 5.54 Å². The molecule has 0 saturated carbocycles. The number of piperidine rings is 1. The molecule has 1 aliphatic rings. The highest BCUT2D eigenvalue weighted by molar-refractivity contribution is 5.80. The molecule has 1 fully saturated rings. The van der Waals surface area contributed by atoms with Crippen LogP contribution in [0.15, 0.2) is 0 Å². The lowest BCUT2D eigenvalue weighted by Gasteiger charge is -2.34. The molecule has 1 N–H and O–H groups in total. The molecule has 1 aliphatic heterocycles. The number of likely N-dealkylation sites (N-methyl/N-ethyl adjacent to an activating group) is 1. The van der Waals surface area contributed by atoms with Gasteiger partial charge in [0.1, 0.15) is 5.54 Å². The number of hydrogen-bond acceptors (Lipinski definition) is 5. The van der Waals surface area contributed by atoms with Crippen LogP contribution in [0.25, 0.3) is 0 Å². The van der Waals surface area contributed by atoms with Crippen molar-refractivity contribution in [2.45, 2.75) is 51.7 Å². The van der Waals surface area contributed by atoms with E-state index in [9.17, 15) is 4.79 Å². The van der Waals surface area contributed by atoms with Crippen molar-refractivity contribution in [2.24, 2.45) is 0 Å². The number of ether oxygens (including phenoxy) is 2. The molecule has 20 heavy (non-hydrogen) atoms. The van der Waals surface area contributed by atoms with Gasteiger partial charge in [0.2, 0.25) is 0 Å². The van der Waals surface area contributed by atoms with Crippen LogP contribution in [-0.4, -0.2) is 62.4 Å². The Hall–Kier alpha value is -0.650. The normalized spacial score (nSPS) is 20.6. The second kappa shape index (κ2) is 8.60. The van der Waals surface area contributed by atoms with Gasteiger partial charge >= 0.3 is 5.97 Å². The van der Waals surface area contributed by atoms with Gasteiger partial charge in [0.05, 0.1) is 12.7 Å². The van der Waals surface area contributed by atoms with E-state index in [0.29, 0.717) is 12.7 Å². The van der Waals surface area contributed by atoms with Gasteiger partial charge in [-0.3, -0.25) is 4.79 Å². The first kappa shape index (κ1) is 17.4. The van der Waals surface area contributed by atoms with Crippen LogP contribution in [-0.2, 0) is 14.3 Å². The van der Waals surface area contributed by atoms with Crippen molar-refractivity contribution in [3.63, 3.8) is 0 Å². The van der Waals surface area contributed by atoms with Crippen molar-refractivity contribution < 1.29 is 14.3 Å². The Morgan fingerprint density at radius 3 is 2.45 bits per heavy atom. The summed E-state index contributed by atoms with van der Waals surface area (Å²) in [6.07, 6.45) is 3.35. The predicted molar refractivity (Wildman–Crippen MR) is 79.8 cm³/mol. The van der Waals surface area contributed by atoms with Crippen LogP contribution in [0.4, 0.5) is 0 Å². The van der Waals surface area contributed by atoms with Crippen molar-refractivity contribution in [3.8, 4) is 0 Å². The molecule has 0 aromatic rings. The van der Waals surface area contributed by atoms with Crippen LogP contribution in [0.3, 0.4) is 0 Å². The van der Waals surface area contributed by atoms with Crippen LogP contribution >= 0.6 is 0 Å². The Kier molecular flexibility index (Phi) is 7.48. The number of rotatable bonds is 8. The van der Waals surface area contributed by atoms with Crippen LogP contribution in [0.2, 0.25) is 0 Å². The number of esters is 1. The summed E-state index contributed by atoms with van der Waals surface area (Å²) in [5, 5.41) is 3.11. The number of likely N-dealkylation sites (tertiary alicyclic amines) is 1. The molecule has 1 atom stereocenters. The van der Waals surface area contributed by atoms with Crippen molar-refractivity contribution in [3.05, 3.63) is 0 Å². The fourth-order valence-corrected chi connectivity index (χ4v) is 2.54. The minimum absolute atomic E-state index is 0.160. The molecule has 0 bridgehead atoms. The molecule has 0 spiro atoms. The summed E-state index contributed by atoms with van der Waals surface area (Å²) in [6, 6.07) is 0. The fourth-order valence-electron chi connectivity index (χ4n) is 2.54. The van der Waals surface area contributed by atoms with E-state index >= 15 is 0 Å². The largest absolute Gasteiger partial charge is 0.465 e. The van der Waals surface area contributed by atoms with Crippen molar-refractivity contribution in [1.29, 1.82) is 0 Å². The summed E-state index contributed by atoms with van der Waals surface area (Å²) in [5.41, 5.74) is -0.590. The number of carbonyl (C=O) groups is 1. The molecule has 5 nitrogen and oxygen atoms in total. The van der Waals surface area contributed by atoms with Gasteiger partial charge in [0, 0.05) is 26.2 Å². The summed E-state index contributed by atoms with van der Waals surface area (Å²) in [4.78, 5) is 14.4. The van der Waals surface area contributed by atoms with E-state index in [1.807, 2.05) is 27.8 Å². The lowest BCUT2D eigenvalue weighted by Crippen LogP contribution is -2.51. The third-order valence-corrected chi connectivity index (χ3v) is 4.14. The molecule has 0 aliphatic carbocycles. The maximum absolute atomic E-state index is 12.0. The van der Waals surface area contributed by atoms with Gasteiger partial charge in [-0.1, -0.05) is 0 Å². The maximum Gasteiger partial charge on any atom is 0.326 e. The Morgan fingerprint density at radius 2 is 1.95 bits per heavy atom. The van der Waals surface area contributed by atoms with Crippen molar-refractivity contribution in [1.82, 2.24) is 10.2 Å². The minimum Gasteiger partial charge on any atom is -0.465 e. The number of hydrogen-bond donors (Lipinski definition) is 1. The van der Waals surface area contributed by atoms with Gasteiger partial charge in [-0.05, 0) is 47.1 Å². The third-order valence-electron chi connectivity index (χ3n) is 4.14. The molecule has 0 radical (unpaired) electrons. The van der Waals surface area contributed by atoms with Crippen molar-refractivity contribution in [2.75, 3.05) is 39.9 Å². The smallest absolute Gasteiger partial charge is 0.326 e. The van der Waals surface area contributed by atoms with Gasteiger partial charge in [-0.2, -0.15) is 0 Å². The molecule has 1 saturated heterocycles. The molecule has 1 unspecified atom stereocenters. The van der Waals surface area contributed by atoms with E-state index in [0.717, 1.165) is 45.5 Å². The van der Waals surface area contributed by atoms with E-state index in [-0.39, 0.29) is 5.97 Å². The molecular weight excluding hydrogens is 256 g/mol.